The van der Waals surface area contributed by atoms with Crippen molar-refractivity contribution in [2.24, 2.45) is 11.8 Å². The van der Waals surface area contributed by atoms with Crippen molar-refractivity contribution in [3.8, 4) is 17.0 Å². The highest BCUT2D eigenvalue weighted by atomic mass is 32.1. The van der Waals surface area contributed by atoms with Gasteiger partial charge in [0.2, 0.25) is 0 Å². The number of benzene rings is 2. The molecule has 0 spiro atoms. The number of carboxylic acids is 1. The minimum Gasteiger partial charge on any atom is -0.488 e. The summed E-state index contributed by atoms with van der Waals surface area (Å²) in [5.41, 5.74) is 6.80. The number of aromatic nitrogens is 1. The fraction of sp³-hybridized carbons (Fsp3) is 0.500. The lowest BCUT2D eigenvalue weighted by molar-refractivity contribution is -0.142. The zero-order chi connectivity index (χ0) is 28.1. The highest BCUT2D eigenvalue weighted by Crippen LogP contribution is 2.36. The predicted octanol–water partition coefficient (Wildman–Crippen LogP) is 6.17. The molecule has 0 saturated carbocycles. The molecule has 0 unspecified atom stereocenters. The van der Waals surface area contributed by atoms with E-state index >= 15 is 0 Å². The second kappa shape index (κ2) is 13.1. The Morgan fingerprint density at radius 2 is 1.90 bits per heavy atom. The van der Waals surface area contributed by atoms with E-state index in [4.69, 9.17) is 14.5 Å². The van der Waals surface area contributed by atoms with Crippen LogP contribution in [0, 0.1) is 25.7 Å². The van der Waals surface area contributed by atoms with Crippen LogP contribution in [0.25, 0.3) is 11.3 Å². The molecule has 3 aromatic rings. The van der Waals surface area contributed by atoms with Crippen LogP contribution in [0.2, 0.25) is 0 Å². The predicted molar refractivity (Wildman–Crippen MR) is 160 cm³/mol. The van der Waals surface area contributed by atoms with E-state index in [0.29, 0.717) is 19.4 Å². The van der Waals surface area contributed by atoms with Gasteiger partial charge in [0, 0.05) is 50.3 Å². The van der Waals surface area contributed by atoms with Gasteiger partial charge in [-0.05, 0) is 81.3 Å². The average Bonchev–Trinajstić information content (AvgIpc) is 3.44. The zero-order valence-electron chi connectivity index (χ0n) is 23.9. The molecule has 0 amide bonds. The lowest BCUT2D eigenvalue weighted by atomic mass is 9.97. The number of aliphatic carboxylic acids is 1. The molecule has 3 heterocycles. The first-order chi connectivity index (χ1) is 19.4. The third kappa shape index (κ3) is 7.22. The molecule has 2 aliphatic heterocycles. The summed E-state index contributed by atoms with van der Waals surface area (Å²) < 4.78 is 11.9. The number of carboxylic acid groups (broad SMARTS) is 1. The van der Waals surface area contributed by atoms with Crippen molar-refractivity contribution < 1.29 is 19.4 Å². The Balaban J connectivity index is 1.22. The van der Waals surface area contributed by atoms with Crippen molar-refractivity contribution in [2.75, 3.05) is 44.8 Å². The van der Waals surface area contributed by atoms with E-state index in [1.165, 1.54) is 16.7 Å². The molecule has 214 valence electrons. The Labute approximate surface area is 241 Å². The number of hydrogen-bond acceptors (Lipinski definition) is 7. The number of hydrogen-bond donors (Lipinski definition) is 1. The summed E-state index contributed by atoms with van der Waals surface area (Å²) >= 11 is 1.61. The lowest BCUT2D eigenvalue weighted by Gasteiger charge is -2.29. The van der Waals surface area contributed by atoms with Crippen LogP contribution in [0.15, 0.2) is 41.8 Å². The lowest BCUT2D eigenvalue weighted by Crippen LogP contribution is -2.36. The maximum atomic E-state index is 11.3. The van der Waals surface area contributed by atoms with Crippen LogP contribution >= 0.6 is 11.3 Å². The van der Waals surface area contributed by atoms with Gasteiger partial charge in [0.25, 0.3) is 0 Å². The molecule has 1 N–H and O–H groups in total. The number of nitrogens with zero attached hydrogens (tertiary/aromatic N) is 3. The van der Waals surface area contributed by atoms with Crippen LogP contribution < -0.4 is 9.64 Å². The molecular weight excluding hydrogens is 522 g/mol. The molecule has 0 atom stereocenters. The van der Waals surface area contributed by atoms with Crippen molar-refractivity contribution in [3.05, 3.63) is 64.0 Å². The van der Waals surface area contributed by atoms with Gasteiger partial charge in [-0.1, -0.05) is 29.8 Å². The molecule has 7 nitrogen and oxygen atoms in total. The first-order valence-corrected chi connectivity index (χ1v) is 15.3. The van der Waals surface area contributed by atoms with Crippen LogP contribution in [0.4, 0.5) is 5.13 Å². The first kappa shape index (κ1) is 28.6. The van der Waals surface area contributed by atoms with E-state index in [-0.39, 0.29) is 5.92 Å². The molecule has 5 rings (SSSR count). The van der Waals surface area contributed by atoms with E-state index in [1.807, 2.05) is 6.07 Å². The third-order valence-corrected chi connectivity index (χ3v) is 9.07. The number of aryl methyl sites for hydroxylation is 2. The maximum Gasteiger partial charge on any atom is 0.306 e. The van der Waals surface area contributed by atoms with Gasteiger partial charge in [-0.15, -0.1) is 11.3 Å². The van der Waals surface area contributed by atoms with Crippen LogP contribution in [-0.4, -0.2) is 60.9 Å². The first-order valence-electron chi connectivity index (χ1n) is 14.4. The molecule has 2 saturated heterocycles. The fourth-order valence-corrected chi connectivity index (χ4v) is 6.62. The van der Waals surface area contributed by atoms with E-state index in [2.05, 4.69) is 66.4 Å². The van der Waals surface area contributed by atoms with E-state index in [9.17, 15) is 9.90 Å². The average molecular weight is 564 g/mol. The van der Waals surface area contributed by atoms with E-state index in [0.717, 1.165) is 85.9 Å². The minimum atomic E-state index is -0.691. The van der Waals surface area contributed by atoms with E-state index < -0.39 is 5.97 Å². The molecule has 1 aromatic heterocycles. The van der Waals surface area contributed by atoms with Crippen molar-refractivity contribution in [1.29, 1.82) is 0 Å². The number of thiazole rings is 1. The largest absolute Gasteiger partial charge is 0.488 e. The van der Waals surface area contributed by atoms with Gasteiger partial charge in [0.05, 0.1) is 11.6 Å². The smallest absolute Gasteiger partial charge is 0.306 e. The number of carbonyl (C=O) groups is 1. The molecular formula is C32H41N3O4S. The highest BCUT2D eigenvalue weighted by Gasteiger charge is 2.26. The summed E-state index contributed by atoms with van der Waals surface area (Å²) in [7, 11) is 2.21. The third-order valence-electron chi connectivity index (χ3n) is 8.17. The van der Waals surface area contributed by atoms with Crippen molar-refractivity contribution in [3.63, 3.8) is 0 Å². The quantitative estimate of drug-likeness (QED) is 0.316. The van der Waals surface area contributed by atoms with Gasteiger partial charge in [0.1, 0.15) is 12.4 Å². The second-order valence-electron chi connectivity index (χ2n) is 11.4. The summed E-state index contributed by atoms with van der Waals surface area (Å²) in [6.07, 6.45) is 3.64. The van der Waals surface area contributed by atoms with Crippen molar-refractivity contribution in [1.82, 2.24) is 9.88 Å². The molecule has 40 heavy (non-hydrogen) atoms. The molecule has 0 aliphatic carbocycles. The maximum absolute atomic E-state index is 11.3. The molecule has 0 bridgehead atoms. The Morgan fingerprint density at radius 3 is 2.62 bits per heavy atom. The topological polar surface area (TPSA) is 75.1 Å². The van der Waals surface area contributed by atoms with Gasteiger partial charge in [-0.3, -0.25) is 4.79 Å². The minimum absolute atomic E-state index is 0.247. The summed E-state index contributed by atoms with van der Waals surface area (Å²) in [6.45, 7) is 10.0. The SMILES string of the molecule is Cc1ccc(OCc2ccc(CN(C)CC3CCOCC3)cc2C)c(-c2csc(N3CCC(C(=O)O)CC3)n2)c1. The van der Waals surface area contributed by atoms with Gasteiger partial charge in [-0.25, -0.2) is 4.98 Å². The van der Waals surface area contributed by atoms with Crippen LogP contribution in [0.5, 0.6) is 5.75 Å². The van der Waals surface area contributed by atoms with Crippen LogP contribution in [-0.2, 0) is 22.7 Å². The molecule has 2 fully saturated rings. The Kier molecular flexibility index (Phi) is 9.40. The van der Waals surface area contributed by atoms with Crippen LogP contribution in [0.1, 0.15) is 47.9 Å². The molecule has 8 heteroatoms. The van der Waals surface area contributed by atoms with E-state index in [1.54, 1.807) is 11.3 Å². The summed E-state index contributed by atoms with van der Waals surface area (Å²) in [5.74, 6) is 0.618. The number of anilines is 1. The van der Waals surface area contributed by atoms with Gasteiger partial charge < -0.3 is 24.4 Å². The fourth-order valence-electron chi connectivity index (χ4n) is 5.74. The molecule has 2 aliphatic rings. The second-order valence-corrected chi connectivity index (χ2v) is 12.3. The highest BCUT2D eigenvalue weighted by molar-refractivity contribution is 7.14. The summed E-state index contributed by atoms with van der Waals surface area (Å²) in [5, 5.41) is 12.3. The van der Waals surface area contributed by atoms with Gasteiger partial charge in [-0.2, -0.15) is 0 Å². The van der Waals surface area contributed by atoms with Gasteiger partial charge >= 0.3 is 5.97 Å². The van der Waals surface area contributed by atoms with Crippen molar-refractivity contribution >= 4 is 22.4 Å². The molecule has 2 aromatic carbocycles. The zero-order valence-corrected chi connectivity index (χ0v) is 24.7. The standard InChI is InChI=1S/C32H41N3O4S/c1-22-4-7-30(28(16-22)29-21-40-32(33-29)35-12-8-26(9-13-35)31(36)37)39-20-27-6-5-25(17-23(27)2)19-34(3)18-24-10-14-38-15-11-24/h4-7,16-17,21,24,26H,8-15,18-20H2,1-3H3,(H,36,37). The Hall–Kier alpha value is -2.94. The normalized spacial score (nSPS) is 16.9. The number of ether oxygens (including phenoxy) is 2. The number of piperidine rings is 1. The Bertz CT molecular complexity index is 1300. The van der Waals surface area contributed by atoms with Crippen LogP contribution in [0.3, 0.4) is 0 Å². The van der Waals surface area contributed by atoms with Crippen molar-refractivity contribution in [2.45, 2.75) is 52.7 Å². The monoisotopic (exact) mass is 563 g/mol. The Morgan fingerprint density at radius 1 is 1.12 bits per heavy atom. The summed E-state index contributed by atoms with van der Waals surface area (Å²) in [6, 6.07) is 13.0. The van der Waals surface area contributed by atoms with Gasteiger partial charge in [0.15, 0.2) is 5.13 Å². The summed E-state index contributed by atoms with van der Waals surface area (Å²) in [4.78, 5) is 20.9. The molecule has 0 radical (unpaired) electrons. The number of rotatable bonds is 10.